The van der Waals surface area contributed by atoms with Crippen molar-refractivity contribution in [1.82, 2.24) is 9.78 Å². The zero-order chi connectivity index (χ0) is 25.1. The molecule has 2 heterocycles. The maximum absolute atomic E-state index is 13.3. The second-order valence-electron chi connectivity index (χ2n) is 8.52. The van der Waals surface area contributed by atoms with Crippen molar-refractivity contribution in [2.45, 2.75) is 26.3 Å². The Morgan fingerprint density at radius 3 is 2.42 bits per heavy atom. The molecule has 0 unspecified atom stereocenters. The quantitative estimate of drug-likeness (QED) is 0.266. The first-order valence-corrected chi connectivity index (χ1v) is 12.8. The molecule has 3 aromatic carbocycles. The molecule has 0 fully saturated rings. The van der Waals surface area contributed by atoms with Gasteiger partial charge in [0, 0.05) is 15.9 Å². The minimum Gasteiger partial charge on any atom is -0.494 e. The number of amides is 1. The number of ether oxygens (including phenoxy) is 1. The van der Waals surface area contributed by atoms with E-state index in [0.29, 0.717) is 23.7 Å². The van der Waals surface area contributed by atoms with Crippen molar-refractivity contribution in [2.75, 3.05) is 17.2 Å². The lowest BCUT2D eigenvalue weighted by Gasteiger charge is -2.26. The van der Waals surface area contributed by atoms with E-state index in [9.17, 15) is 4.79 Å². The Morgan fingerprint density at radius 2 is 1.75 bits per heavy atom. The predicted octanol–water partition coefficient (Wildman–Crippen LogP) is 6.92. The van der Waals surface area contributed by atoms with Gasteiger partial charge in [0.1, 0.15) is 17.1 Å². The van der Waals surface area contributed by atoms with Crippen molar-refractivity contribution in [3.63, 3.8) is 0 Å². The number of allylic oxidation sites excluding steroid dienone is 1. The lowest BCUT2D eigenvalue weighted by molar-refractivity contribution is 0.102. The Hall–Kier alpha value is -3.84. The third-order valence-corrected chi connectivity index (χ3v) is 6.72. The molecule has 1 aliphatic rings. The molecule has 0 radical (unpaired) electrons. The van der Waals surface area contributed by atoms with Crippen molar-refractivity contribution in [2.24, 2.45) is 0 Å². The number of aryl methyl sites for hydroxylation is 1. The van der Waals surface area contributed by atoms with Gasteiger partial charge in [-0.15, -0.1) is 0 Å². The topological polar surface area (TPSA) is 68.2 Å². The molecule has 1 aliphatic heterocycles. The molecule has 2 N–H and O–H groups in total. The summed E-state index contributed by atoms with van der Waals surface area (Å²) in [7, 11) is 0. The molecule has 0 spiro atoms. The van der Waals surface area contributed by atoms with Crippen LogP contribution in [0.2, 0.25) is 0 Å². The van der Waals surface area contributed by atoms with Crippen LogP contribution in [0.15, 0.2) is 89.5 Å². The number of aromatic nitrogens is 2. The second kappa shape index (κ2) is 10.4. The number of nitrogens with zero attached hydrogens (tertiary/aromatic N) is 2. The van der Waals surface area contributed by atoms with Gasteiger partial charge in [-0.05, 0) is 72.5 Å². The molecule has 0 aliphatic carbocycles. The monoisotopic (exact) mass is 542 g/mol. The van der Waals surface area contributed by atoms with Crippen molar-refractivity contribution >= 4 is 39.0 Å². The molecule has 7 heteroatoms. The summed E-state index contributed by atoms with van der Waals surface area (Å²) in [5.41, 5.74) is 5.51. The number of rotatable bonds is 7. The number of hydrogen-bond acceptors (Lipinski definition) is 4. The van der Waals surface area contributed by atoms with E-state index in [1.54, 1.807) is 6.20 Å². The molecule has 4 aromatic rings. The number of hydrogen-bond donors (Lipinski definition) is 2. The van der Waals surface area contributed by atoms with Crippen molar-refractivity contribution in [1.29, 1.82) is 0 Å². The van der Waals surface area contributed by atoms with Gasteiger partial charge in [0.2, 0.25) is 0 Å². The number of nitrogens with one attached hydrogen (secondary N) is 2. The van der Waals surface area contributed by atoms with Crippen LogP contribution < -0.4 is 15.4 Å². The molecule has 36 heavy (non-hydrogen) atoms. The maximum atomic E-state index is 13.3. The number of benzene rings is 3. The smallest absolute Gasteiger partial charge is 0.261 e. The van der Waals surface area contributed by atoms with Crippen LogP contribution >= 0.6 is 15.9 Å². The Labute approximate surface area is 219 Å². The first-order valence-electron chi connectivity index (χ1n) is 12.0. The van der Waals surface area contributed by atoms with Gasteiger partial charge >= 0.3 is 0 Å². The summed E-state index contributed by atoms with van der Waals surface area (Å²) in [6, 6.07) is 23.9. The van der Waals surface area contributed by atoms with Crippen molar-refractivity contribution < 1.29 is 9.53 Å². The van der Waals surface area contributed by atoms with E-state index in [4.69, 9.17) is 4.74 Å². The average molecular weight is 543 g/mol. The van der Waals surface area contributed by atoms with Gasteiger partial charge in [0.15, 0.2) is 0 Å². The summed E-state index contributed by atoms with van der Waals surface area (Å²) in [4.78, 5) is 13.3. The van der Waals surface area contributed by atoms with Crippen molar-refractivity contribution in [3.8, 4) is 5.75 Å². The second-order valence-corrected chi connectivity index (χ2v) is 9.43. The zero-order valence-electron chi connectivity index (χ0n) is 20.2. The highest BCUT2D eigenvalue weighted by molar-refractivity contribution is 9.10. The molecule has 0 saturated heterocycles. The first kappa shape index (κ1) is 23.9. The van der Waals surface area contributed by atoms with Crippen LogP contribution in [0, 0.1) is 0 Å². The summed E-state index contributed by atoms with van der Waals surface area (Å²) < 4.78 is 8.37. The average Bonchev–Trinajstić information content (AvgIpc) is 3.34. The third kappa shape index (κ3) is 4.93. The molecule has 5 rings (SSSR count). The Morgan fingerprint density at radius 1 is 1.03 bits per heavy atom. The largest absolute Gasteiger partial charge is 0.494 e. The minimum atomic E-state index is -0.231. The predicted molar refractivity (Wildman–Crippen MR) is 147 cm³/mol. The normalized spacial score (nSPS) is 14.4. The minimum absolute atomic E-state index is 0.165. The van der Waals surface area contributed by atoms with E-state index in [0.717, 1.165) is 33.5 Å². The van der Waals surface area contributed by atoms with Gasteiger partial charge < -0.3 is 15.4 Å². The van der Waals surface area contributed by atoms with Crippen LogP contribution in [0.4, 0.5) is 11.5 Å². The van der Waals surface area contributed by atoms with E-state index in [1.165, 1.54) is 5.56 Å². The summed E-state index contributed by atoms with van der Waals surface area (Å²) in [6.45, 7) is 4.68. The van der Waals surface area contributed by atoms with Crippen LogP contribution in [0.1, 0.15) is 46.9 Å². The lowest BCUT2D eigenvalue weighted by Crippen LogP contribution is -2.22. The third-order valence-electron chi connectivity index (χ3n) is 6.19. The molecular formula is C29H27BrN4O2. The molecule has 6 nitrogen and oxygen atoms in total. The number of carbonyl (C=O) groups excluding carboxylic acids is 1. The number of fused-ring (bicyclic) bond motifs is 1. The van der Waals surface area contributed by atoms with E-state index in [1.807, 2.05) is 48.0 Å². The van der Waals surface area contributed by atoms with Crippen LogP contribution in [0.3, 0.4) is 0 Å². The molecule has 1 aromatic heterocycles. The summed E-state index contributed by atoms with van der Waals surface area (Å²) in [5.74, 6) is 1.19. The van der Waals surface area contributed by atoms with Crippen molar-refractivity contribution in [3.05, 3.63) is 112 Å². The highest BCUT2D eigenvalue weighted by atomic mass is 79.9. The highest BCUT2D eigenvalue weighted by Crippen LogP contribution is 2.36. The molecule has 1 atom stereocenters. The standard InChI is InChI=1S/C29H27BrN4O2/c1-3-19-5-7-20(8-6-19)26-17-27(21-9-11-22(30)12-10-21)34-28(33-26)25(18-31-34)29(35)32-23-13-15-24(16-14-23)36-4-2/h5-18,27,33H,3-4H2,1-2H3,(H,32,35)/t27-/m0/s1. The van der Waals surface area contributed by atoms with Crippen LogP contribution in [-0.4, -0.2) is 22.3 Å². The van der Waals surface area contributed by atoms with Gasteiger partial charge in [-0.3, -0.25) is 4.79 Å². The number of anilines is 2. The lowest BCUT2D eigenvalue weighted by atomic mass is 10.00. The van der Waals surface area contributed by atoms with E-state index >= 15 is 0 Å². The van der Waals surface area contributed by atoms with Crippen LogP contribution in [-0.2, 0) is 6.42 Å². The van der Waals surface area contributed by atoms with Gasteiger partial charge in [0.05, 0.1) is 18.8 Å². The fraction of sp³-hybridized carbons (Fsp3) is 0.172. The highest BCUT2D eigenvalue weighted by Gasteiger charge is 2.28. The summed E-state index contributed by atoms with van der Waals surface area (Å²) in [5, 5.41) is 11.1. The Kier molecular flexibility index (Phi) is 6.91. The Balaban J connectivity index is 1.49. The number of halogens is 1. The van der Waals surface area contributed by atoms with E-state index in [-0.39, 0.29) is 11.9 Å². The van der Waals surface area contributed by atoms with Gasteiger partial charge in [0.25, 0.3) is 5.91 Å². The fourth-order valence-electron chi connectivity index (χ4n) is 4.25. The SMILES string of the molecule is CCOc1ccc(NC(=O)c2cnn3c2NC(c2ccc(CC)cc2)=C[C@H]3c2ccc(Br)cc2)cc1. The first-order chi connectivity index (χ1) is 17.6. The van der Waals surface area contributed by atoms with Crippen LogP contribution in [0.25, 0.3) is 5.70 Å². The molecule has 182 valence electrons. The molecule has 0 bridgehead atoms. The van der Waals surface area contributed by atoms with E-state index < -0.39 is 0 Å². The van der Waals surface area contributed by atoms with Gasteiger partial charge in [-0.2, -0.15) is 5.10 Å². The number of carbonyl (C=O) groups is 1. The summed E-state index contributed by atoms with van der Waals surface area (Å²) in [6.07, 6.45) is 4.75. The zero-order valence-corrected chi connectivity index (χ0v) is 21.7. The molecular weight excluding hydrogens is 516 g/mol. The maximum Gasteiger partial charge on any atom is 0.261 e. The van der Waals surface area contributed by atoms with Gasteiger partial charge in [-0.25, -0.2) is 4.68 Å². The van der Waals surface area contributed by atoms with Gasteiger partial charge in [-0.1, -0.05) is 59.3 Å². The Bertz CT molecular complexity index is 1390. The fourth-order valence-corrected chi connectivity index (χ4v) is 4.51. The van der Waals surface area contributed by atoms with E-state index in [2.05, 4.69) is 81.1 Å². The molecule has 1 amide bonds. The summed E-state index contributed by atoms with van der Waals surface area (Å²) >= 11 is 3.52. The van der Waals surface area contributed by atoms with Crippen LogP contribution in [0.5, 0.6) is 5.75 Å². The molecule has 0 saturated carbocycles.